The Morgan fingerprint density at radius 2 is 2.00 bits per heavy atom. The molecular formula is C14H15Br3N2O. The summed E-state index contributed by atoms with van der Waals surface area (Å²) in [5.41, 5.74) is 2.88. The number of hydrogen-bond donors (Lipinski definition) is 1. The third-order valence-corrected chi connectivity index (χ3v) is 5.34. The van der Waals surface area contributed by atoms with Gasteiger partial charge in [-0.05, 0) is 46.1 Å². The molecule has 108 valence electrons. The minimum Gasteiger partial charge on any atom is -0.388 e. The van der Waals surface area contributed by atoms with Gasteiger partial charge in [-0.3, -0.25) is 4.68 Å². The Labute approximate surface area is 143 Å². The third kappa shape index (κ3) is 3.35. The first-order valence-electron chi connectivity index (χ1n) is 6.27. The van der Waals surface area contributed by atoms with E-state index < -0.39 is 6.10 Å². The van der Waals surface area contributed by atoms with Crippen molar-refractivity contribution in [3.63, 3.8) is 0 Å². The van der Waals surface area contributed by atoms with Gasteiger partial charge in [0, 0.05) is 22.4 Å². The molecule has 0 amide bonds. The minimum atomic E-state index is -0.585. The Morgan fingerprint density at radius 1 is 1.30 bits per heavy atom. The molecule has 0 fully saturated rings. The van der Waals surface area contributed by atoms with Gasteiger partial charge in [-0.1, -0.05) is 38.8 Å². The molecule has 0 bridgehead atoms. The van der Waals surface area contributed by atoms with E-state index in [1.807, 2.05) is 29.9 Å². The smallest absolute Gasteiger partial charge is 0.0857 e. The lowest BCUT2D eigenvalue weighted by molar-refractivity contribution is 0.175. The van der Waals surface area contributed by atoms with Crippen LogP contribution in [0, 0.1) is 0 Å². The summed E-state index contributed by atoms with van der Waals surface area (Å²) in [7, 11) is 1.90. The first-order valence-corrected chi connectivity index (χ1v) is 8.65. The van der Waals surface area contributed by atoms with Crippen LogP contribution >= 0.6 is 47.8 Å². The zero-order chi connectivity index (χ0) is 14.9. The maximum atomic E-state index is 10.5. The number of rotatable bonds is 4. The van der Waals surface area contributed by atoms with Crippen LogP contribution in [0.5, 0.6) is 0 Å². The highest BCUT2D eigenvalue weighted by Crippen LogP contribution is 2.31. The predicted molar refractivity (Wildman–Crippen MR) is 90.8 cm³/mol. The molecule has 1 heterocycles. The Balaban J connectivity index is 2.30. The lowest BCUT2D eigenvalue weighted by Gasteiger charge is -2.14. The van der Waals surface area contributed by atoms with E-state index in [0.717, 1.165) is 36.8 Å². The first kappa shape index (κ1) is 16.2. The van der Waals surface area contributed by atoms with Crippen LogP contribution in [0.4, 0.5) is 0 Å². The Morgan fingerprint density at radius 3 is 2.60 bits per heavy atom. The van der Waals surface area contributed by atoms with E-state index in [0.29, 0.717) is 6.42 Å². The monoisotopic (exact) mass is 464 g/mol. The predicted octanol–water partition coefficient (Wildman–Crippen LogP) is 4.55. The third-order valence-electron chi connectivity index (χ3n) is 3.21. The van der Waals surface area contributed by atoms with Gasteiger partial charge in [-0.25, -0.2) is 0 Å². The average molecular weight is 467 g/mol. The van der Waals surface area contributed by atoms with Crippen molar-refractivity contribution in [2.24, 2.45) is 7.05 Å². The number of aliphatic hydroxyl groups excluding tert-OH is 1. The van der Waals surface area contributed by atoms with Crippen LogP contribution in [0.1, 0.15) is 30.0 Å². The quantitative estimate of drug-likeness (QED) is 0.718. The molecule has 0 aliphatic carbocycles. The van der Waals surface area contributed by atoms with Gasteiger partial charge in [0.25, 0.3) is 0 Å². The van der Waals surface area contributed by atoms with E-state index in [4.69, 9.17) is 0 Å². The van der Waals surface area contributed by atoms with E-state index in [1.165, 1.54) is 0 Å². The number of hydrogen-bond acceptors (Lipinski definition) is 2. The summed E-state index contributed by atoms with van der Waals surface area (Å²) in [5, 5.41) is 15.0. The summed E-state index contributed by atoms with van der Waals surface area (Å²) in [6.07, 6.45) is 0.794. The molecule has 0 spiro atoms. The van der Waals surface area contributed by atoms with E-state index >= 15 is 0 Å². The summed E-state index contributed by atoms with van der Waals surface area (Å²) in [4.78, 5) is 0. The van der Waals surface area contributed by atoms with Gasteiger partial charge < -0.3 is 5.11 Å². The molecule has 0 saturated heterocycles. The van der Waals surface area contributed by atoms with Crippen molar-refractivity contribution in [3.05, 3.63) is 48.6 Å². The van der Waals surface area contributed by atoms with Gasteiger partial charge in [0.2, 0.25) is 0 Å². The summed E-state index contributed by atoms with van der Waals surface area (Å²) >= 11 is 10.5. The second-order valence-corrected chi connectivity index (χ2v) is 7.13. The van der Waals surface area contributed by atoms with Gasteiger partial charge in [-0.2, -0.15) is 5.10 Å². The van der Waals surface area contributed by atoms with E-state index in [1.54, 1.807) is 0 Å². The number of halogens is 3. The molecule has 1 N–H and O–H groups in total. The molecule has 3 nitrogen and oxygen atoms in total. The fourth-order valence-corrected chi connectivity index (χ4v) is 3.77. The Hall–Kier alpha value is -0.170. The van der Waals surface area contributed by atoms with Crippen molar-refractivity contribution in [2.75, 3.05) is 0 Å². The SMILES string of the molecule is CCc1nn(C)c(CC(O)c2cc(Br)ccc2Br)c1Br. The lowest BCUT2D eigenvalue weighted by atomic mass is 10.0. The molecule has 0 radical (unpaired) electrons. The topological polar surface area (TPSA) is 38.0 Å². The fourth-order valence-electron chi connectivity index (χ4n) is 2.10. The summed E-state index contributed by atoms with van der Waals surface area (Å²) < 4.78 is 4.68. The van der Waals surface area contributed by atoms with Crippen molar-refractivity contribution in [1.82, 2.24) is 9.78 Å². The molecule has 1 aromatic carbocycles. The summed E-state index contributed by atoms with van der Waals surface area (Å²) in [6.45, 7) is 2.07. The molecule has 0 aliphatic rings. The first-order chi connectivity index (χ1) is 9.43. The molecule has 1 unspecified atom stereocenters. The van der Waals surface area contributed by atoms with Crippen molar-refractivity contribution in [1.29, 1.82) is 0 Å². The molecule has 2 rings (SSSR count). The number of benzene rings is 1. The van der Waals surface area contributed by atoms with Crippen molar-refractivity contribution in [2.45, 2.75) is 25.9 Å². The molecular weight excluding hydrogens is 452 g/mol. The zero-order valence-electron chi connectivity index (χ0n) is 11.2. The highest BCUT2D eigenvalue weighted by atomic mass is 79.9. The van der Waals surface area contributed by atoms with Crippen LogP contribution in [0.15, 0.2) is 31.6 Å². The van der Waals surface area contributed by atoms with Crippen LogP contribution in [-0.2, 0) is 19.9 Å². The molecule has 0 saturated carbocycles. The van der Waals surface area contributed by atoms with Crippen molar-refractivity contribution >= 4 is 47.8 Å². The number of aryl methyl sites for hydroxylation is 2. The van der Waals surface area contributed by atoms with Gasteiger partial charge >= 0.3 is 0 Å². The zero-order valence-corrected chi connectivity index (χ0v) is 16.0. The van der Waals surface area contributed by atoms with E-state index in [2.05, 4.69) is 59.8 Å². The average Bonchev–Trinajstić information content (AvgIpc) is 2.68. The molecule has 2 aromatic rings. The maximum Gasteiger partial charge on any atom is 0.0857 e. The number of aromatic nitrogens is 2. The Bertz CT molecular complexity index is 625. The van der Waals surface area contributed by atoms with Gasteiger partial charge in [0.05, 0.1) is 22.0 Å². The van der Waals surface area contributed by atoms with E-state index in [-0.39, 0.29) is 0 Å². The molecule has 20 heavy (non-hydrogen) atoms. The molecule has 0 aliphatic heterocycles. The molecule has 1 atom stereocenters. The Kier molecular flexibility index (Phi) is 5.45. The van der Waals surface area contributed by atoms with Crippen molar-refractivity contribution in [3.8, 4) is 0 Å². The standard InChI is InChI=1S/C14H15Br3N2O/c1-3-11-14(17)12(19(2)18-11)7-13(20)9-6-8(15)4-5-10(9)16/h4-6,13,20H,3,7H2,1-2H3. The number of nitrogens with zero attached hydrogens (tertiary/aromatic N) is 2. The molecule has 1 aromatic heterocycles. The normalized spacial score (nSPS) is 12.7. The van der Waals surface area contributed by atoms with E-state index in [9.17, 15) is 5.11 Å². The fraction of sp³-hybridized carbons (Fsp3) is 0.357. The van der Waals surface area contributed by atoms with Crippen LogP contribution in [-0.4, -0.2) is 14.9 Å². The van der Waals surface area contributed by atoms with Gasteiger partial charge in [-0.15, -0.1) is 0 Å². The highest BCUT2D eigenvalue weighted by molar-refractivity contribution is 9.11. The van der Waals surface area contributed by atoms with Crippen molar-refractivity contribution < 1.29 is 5.11 Å². The molecule has 6 heteroatoms. The van der Waals surface area contributed by atoms with Crippen LogP contribution in [0.2, 0.25) is 0 Å². The van der Waals surface area contributed by atoms with Crippen LogP contribution in [0.3, 0.4) is 0 Å². The van der Waals surface area contributed by atoms with Gasteiger partial charge in [0.15, 0.2) is 0 Å². The van der Waals surface area contributed by atoms with Crippen LogP contribution in [0.25, 0.3) is 0 Å². The highest BCUT2D eigenvalue weighted by Gasteiger charge is 2.19. The van der Waals surface area contributed by atoms with Crippen LogP contribution < -0.4 is 0 Å². The largest absolute Gasteiger partial charge is 0.388 e. The minimum absolute atomic E-state index is 0.513. The summed E-state index contributed by atoms with van der Waals surface area (Å²) in [5.74, 6) is 0. The number of aliphatic hydroxyl groups is 1. The van der Waals surface area contributed by atoms with Gasteiger partial charge in [0.1, 0.15) is 0 Å². The second kappa shape index (κ2) is 6.73. The second-order valence-electron chi connectivity index (χ2n) is 4.57. The lowest BCUT2D eigenvalue weighted by Crippen LogP contribution is -2.07. The maximum absolute atomic E-state index is 10.5. The summed E-state index contributed by atoms with van der Waals surface area (Å²) in [6, 6.07) is 5.80.